The number of carbonyl (C=O) groups is 1. The lowest BCUT2D eigenvalue weighted by molar-refractivity contribution is -0.137. The molecule has 0 aliphatic heterocycles. The minimum absolute atomic E-state index is 0.343. The molecule has 1 N–H and O–H groups in total. The highest BCUT2D eigenvalue weighted by atomic mass is 16.4. The molecule has 0 amide bonds. The zero-order valence-electron chi connectivity index (χ0n) is 17.5. The fourth-order valence-electron chi connectivity index (χ4n) is 3.57. The van der Waals surface area contributed by atoms with E-state index in [1.54, 1.807) is 0 Å². The van der Waals surface area contributed by atoms with E-state index in [2.05, 4.69) is 6.58 Å². The van der Waals surface area contributed by atoms with Gasteiger partial charge < -0.3 is 5.11 Å². The van der Waals surface area contributed by atoms with Crippen molar-refractivity contribution in [3.05, 3.63) is 12.7 Å². The van der Waals surface area contributed by atoms with Crippen LogP contribution in [0.4, 0.5) is 0 Å². The summed E-state index contributed by atoms with van der Waals surface area (Å²) in [5.41, 5.74) is 0. The number of unbranched alkanes of at least 4 members (excludes halogenated alkanes) is 19. The van der Waals surface area contributed by atoms with E-state index >= 15 is 0 Å². The topological polar surface area (TPSA) is 37.3 Å². The van der Waals surface area contributed by atoms with E-state index in [1.165, 1.54) is 116 Å². The van der Waals surface area contributed by atoms with Crippen molar-refractivity contribution in [2.24, 2.45) is 0 Å². The number of carboxylic acid groups (broad SMARTS) is 1. The Kier molecular flexibility index (Phi) is 21.6. The normalized spacial score (nSPS) is 10.9. The van der Waals surface area contributed by atoms with Crippen molar-refractivity contribution in [1.29, 1.82) is 0 Å². The van der Waals surface area contributed by atoms with Gasteiger partial charge in [-0.15, -0.1) is 6.58 Å². The van der Waals surface area contributed by atoms with Crippen molar-refractivity contribution in [3.63, 3.8) is 0 Å². The van der Waals surface area contributed by atoms with Gasteiger partial charge in [-0.1, -0.05) is 115 Å². The van der Waals surface area contributed by atoms with E-state index in [1.807, 2.05) is 6.08 Å². The zero-order valence-corrected chi connectivity index (χ0v) is 17.5. The highest BCUT2D eigenvalue weighted by Gasteiger charge is 1.97. The molecule has 154 valence electrons. The average molecular weight is 367 g/mol. The summed E-state index contributed by atoms with van der Waals surface area (Å²) in [6.45, 7) is 3.77. The van der Waals surface area contributed by atoms with E-state index in [9.17, 15) is 4.79 Å². The summed E-state index contributed by atoms with van der Waals surface area (Å²) in [5, 5.41) is 8.57. The second-order valence-corrected chi connectivity index (χ2v) is 7.94. The van der Waals surface area contributed by atoms with Crippen molar-refractivity contribution in [3.8, 4) is 0 Å². The lowest BCUT2D eigenvalue weighted by Crippen LogP contribution is -1.93. The van der Waals surface area contributed by atoms with Crippen molar-refractivity contribution in [2.45, 2.75) is 135 Å². The fourth-order valence-corrected chi connectivity index (χ4v) is 3.57. The average Bonchev–Trinajstić information content (AvgIpc) is 2.62. The Hall–Kier alpha value is -0.790. The predicted molar refractivity (Wildman–Crippen MR) is 115 cm³/mol. The molecule has 0 fully saturated rings. The summed E-state index contributed by atoms with van der Waals surface area (Å²) >= 11 is 0. The van der Waals surface area contributed by atoms with Crippen molar-refractivity contribution in [2.75, 3.05) is 0 Å². The third-order valence-electron chi connectivity index (χ3n) is 5.30. The maximum atomic E-state index is 10.4. The van der Waals surface area contributed by atoms with Gasteiger partial charge in [0.1, 0.15) is 0 Å². The van der Waals surface area contributed by atoms with E-state index < -0.39 is 5.97 Å². The molecule has 0 spiro atoms. The third-order valence-corrected chi connectivity index (χ3v) is 5.30. The van der Waals surface area contributed by atoms with Crippen LogP contribution in [0.15, 0.2) is 12.7 Å². The Labute approximate surface area is 163 Å². The summed E-state index contributed by atoms with van der Waals surface area (Å²) in [7, 11) is 0. The van der Waals surface area contributed by atoms with Gasteiger partial charge in [-0.2, -0.15) is 0 Å². The van der Waals surface area contributed by atoms with Gasteiger partial charge in [0.25, 0.3) is 0 Å². The van der Waals surface area contributed by atoms with Crippen LogP contribution in [0.25, 0.3) is 0 Å². The second kappa shape index (κ2) is 22.3. The molecule has 2 nitrogen and oxygen atoms in total. The Balaban J connectivity index is 2.99. The number of carboxylic acids is 1. The molecule has 0 heterocycles. The van der Waals surface area contributed by atoms with Gasteiger partial charge in [-0.25, -0.2) is 0 Å². The molecule has 26 heavy (non-hydrogen) atoms. The van der Waals surface area contributed by atoms with E-state index in [0.29, 0.717) is 6.42 Å². The van der Waals surface area contributed by atoms with Crippen molar-refractivity contribution >= 4 is 5.97 Å². The SMILES string of the molecule is C=CCCCCCCCCCCCCCCCCCCCCCC(=O)O. The molecule has 0 aromatic rings. The van der Waals surface area contributed by atoms with Gasteiger partial charge in [0, 0.05) is 6.42 Å². The smallest absolute Gasteiger partial charge is 0.303 e. The van der Waals surface area contributed by atoms with Gasteiger partial charge in [-0.05, 0) is 19.3 Å². The molecular weight excluding hydrogens is 320 g/mol. The Morgan fingerprint density at radius 3 is 1.08 bits per heavy atom. The quantitative estimate of drug-likeness (QED) is 0.154. The lowest BCUT2D eigenvalue weighted by Gasteiger charge is -2.04. The van der Waals surface area contributed by atoms with Crippen LogP contribution in [0, 0.1) is 0 Å². The molecule has 0 aromatic heterocycles. The molecule has 0 rings (SSSR count). The monoisotopic (exact) mass is 366 g/mol. The zero-order chi connectivity index (χ0) is 19.1. The summed E-state index contributed by atoms with van der Waals surface area (Å²) in [6.07, 6.45) is 29.1. The number of hydrogen-bond donors (Lipinski definition) is 1. The largest absolute Gasteiger partial charge is 0.481 e. The van der Waals surface area contributed by atoms with Crippen LogP contribution in [0.1, 0.15) is 135 Å². The first-order chi connectivity index (χ1) is 12.8. The molecule has 0 aliphatic carbocycles. The lowest BCUT2D eigenvalue weighted by atomic mass is 10.0. The Morgan fingerprint density at radius 2 is 0.808 bits per heavy atom. The molecule has 0 bridgehead atoms. The summed E-state index contributed by atoms with van der Waals surface area (Å²) in [5.74, 6) is -0.653. The number of allylic oxidation sites excluding steroid dienone is 1. The van der Waals surface area contributed by atoms with Gasteiger partial charge >= 0.3 is 5.97 Å². The van der Waals surface area contributed by atoms with Crippen LogP contribution >= 0.6 is 0 Å². The van der Waals surface area contributed by atoms with Gasteiger partial charge in [0.2, 0.25) is 0 Å². The maximum absolute atomic E-state index is 10.4. The number of rotatable bonds is 22. The maximum Gasteiger partial charge on any atom is 0.303 e. The predicted octanol–water partition coefficient (Wildman–Crippen LogP) is 8.45. The third kappa shape index (κ3) is 23.2. The molecule has 0 saturated carbocycles. The first-order valence-electron chi connectivity index (χ1n) is 11.6. The van der Waals surface area contributed by atoms with Gasteiger partial charge in [-0.3, -0.25) is 4.79 Å². The van der Waals surface area contributed by atoms with Crippen LogP contribution in [0.2, 0.25) is 0 Å². The molecule has 0 unspecified atom stereocenters. The first-order valence-corrected chi connectivity index (χ1v) is 11.6. The summed E-state index contributed by atoms with van der Waals surface area (Å²) in [4.78, 5) is 10.4. The number of aliphatic carboxylic acids is 1. The van der Waals surface area contributed by atoms with Crippen LogP contribution in [0.3, 0.4) is 0 Å². The minimum Gasteiger partial charge on any atom is -0.481 e. The van der Waals surface area contributed by atoms with E-state index in [-0.39, 0.29) is 0 Å². The van der Waals surface area contributed by atoms with Crippen LogP contribution < -0.4 is 0 Å². The summed E-state index contributed by atoms with van der Waals surface area (Å²) in [6, 6.07) is 0. The second-order valence-electron chi connectivity index (χ2n) is 7.94. The van der Waals surface area contributed by atoms with Crippen LogP contribution in [-0.4, -0.2) is 11.1 Å². The van der Waals surface area contributed by atoms with E-state index in [0.717, 1.165) is 12.8 Å². The summed E-state index contributed by atoms with van der Waals surface area (Å²) < 4.78 is 0. The molecule has 0 radical (unpaired) electrons. The van der Waals surface area contributed by atoms with Crippen LogP contribution in [-0.2, 0) is 4.79 Å². The molecular formula is C24H46O2. The Bertz CT molecular complexity index is 299. The van der Waals surface area contributed by atoms with E-state index in [4.69, 9.17) is 5.11 Å². The Morgan fingerprint density at radius 1 is 0.538 bits per heavy atom. The molecule has 2 heteroatoms. The highest BCUT2D eigenvalue weighted by Crippen LogP contribution is 2.15. The molecule has 0 aromatic carbocycles. The minimum atomic E-state index is -0.653. The number of hydrogen-bond acceptors (Lipinski definition) is 1. The molecule has 0 aliphatic rings. The first kappa shape index (κ1) is 25.2. The van der Waals surface area contributed by atoms with Crippen LogP contribution in [0.5, 0.6) is 0 Å². The van der Waals surface area contributed by atoms with Crippen molar-refractivity contribution in [1.82, 2.24) is 0 Å². The molecule has 0 saturated heterocycles. The highest BCUT2D eigenvalue weighted by molar-refractivity contribution is 5.66. The van der Waals surface area contributed by atoms with Crippen molar-refractivity contribution < 1.29 is 9.90 Å². The fraction of sp³-hybridized carbons (Fsp3) is 0.875. The molecule has 0 atom stereocenters. The van der Waals surface area contributed by atoms with Gasteiger partial charge in [0.05, 0.1) is 0 Å². The van der Waals surface area contributed by atoms with Gasteiger partial charge in [0.15, 0.2) is 0 Å². The standard InChI is InChI=1S/C24H46O2/c1-2-3-4-5-6-7-8-9-10-11-12-13-14-15-16-17-18-19-20-21-22-23-24(25)26/h2H,1,3-23H2,(H,25,26).